The van der Waals surface area contributed by atoms with E-state index in [2.05, 4.69) is 19.1 Å². The highest BCUT2D eigenvalue weighted by Gasteiger charge is 2.45. The van der Waals surface area contributed by atoms with E-state index in [-0.39, 0.29) is 17.5 Å². The lowest BCUT2D eigenvalue weighted by Gasteiger charge is -2.40. The second-order valence-electron chi connectivity index (χ2n) is 8.48. The summed E-state index contributed by atoms with van der Waals surface area (Å²) in [5, 5.41) is 11.1. The number of aryl methyl sites for hydroxylation is 1. The van der Waals surface area contributed by atoms with Crippen LogP contribution < -0.4 is 10.6 Å². The molecule has 0 amide bonds. The van der Waals surface area contributed by atoms with Crippen LogP contribution in [0, 0.1) is 0 Å². The highest BCUT2D eigenvalue weighted by molar-refractivity contribution is 5.95. The zero-order chi connectivity index (χ0) is 21.1. The first-order valence-electron chi connectivity index (χ1n) is 10.9. The summed E-state index contributed by atoms with van der Waals surface area (Å²) in [7, 11) is 0. The first-order valence-corrected chi connectivity index (χ1v) is 10.9. The first kappa shape index (κ1) is 20.3. The van der Waals surface area contributed by atoms with Crippen LogP contribution in [0.4, 0.5) is 11.4 Å². The number of carbonyl (C=O) groups excluding carboxylic acids is 1. The van der Waals surface area contributed by atoms with Crippen molar-refractivity contribution in [2.24, 2.45) is 0 Å². The lowest BCUT2D eigenvalue weighted by atomic mass is 9.84. The van der Waals surface area contributed by atoms with Crippen molar-refractivity contribution >= 4 is 17.3 Å². The molecule has 1 fully saturated rings. The van der Waals surface area contributed by atoms with Gasteiger partial charge >= 0.3 is 5.97 Å². The van der Waals surface area contributed by atoms with Crippen molar-refractivity contribution in [3.63, 3.8) is 0 Å². The molecule has 2 aliphatic rings. The van der Waals surface area contributed by atoms with Crippen molar-refractivity contribution < 1.29 is 14.6 Å². The van der Waals surface area contributed by atoms with Gasteiger partial charge in [0.15, 0.2) is 5.70 Å². The minimum atomic E-state index is -0.666. The minimum Gasteiger partial charge on any atom is -0.510 e. The normalized spacial score (nSPS) is 21.4. The van der Waals surface area contributed by atoms with Gasteiger partial charge in [-0.2, -0.15) is 0 Å². The number of hydrogen-bond acceptors (Lipinski definition) is 5. The monoisotopic (exact) mass is 406 g/mol. The summed E-state index contributed by atoms with van der Waals surface area (Å²) in [5.41, 5.74) is 8.24. The Morgan fingerprint density at radius 1 is 1.13 bits per heavy atom. The summed E-state index contributed by atoms with van der Waals surface area (Å²) in [5.74, 6) is -0.309. The fourth-order valence-electron chi connectivity index (χ4n) is 4.43. The number of nitrogens with zero attached hydrogens (tertiary/aromatic N) is 1. The molecule has 1 aliphatic heterocycles. The fraction of sp³-hybridized carbons (Fsp3) is 0.400. The summed E-state index contributed by atoms with van der Waals surface area (Å²) < 4.78 is 6.10. The summed E-state index contributed by atoms with van der Waals surface area (Å²) in [6.07, 6.45) is 5.41. The Balaban J connectivity index is 1.62. The van der Waals surface area contributed by atoms with Gasteiger partial charge in [-0.25, -0.2) is 4.79 Å². The number of hydrogen-bond donors (Lipinski definition) is 2. The third kappa shape index (κ3) is 4.30. The van der Waals surface area contributed by atoms with E-state index in [1.165, 1.54) is 5.56 Å². The maximum Gasteiger partial charge on any atom is 0.359 e. The molecule has 0 aromatic heterocycles. The van der Waals surface area contributed by atoms with E-state index in [0.29, 0.717) is 18.5 Å². The van der Waals surface area contributed by atoms with E-state index in [1.807, 2.05) is 47.4 Å². The molecule has 3 N–H and O–H groups in total. The number of nitrogen functional groups attached to an aromatic ring is 1. The number of esters is 1. The number of aliphatic hydroxyl groups excluding tert-OH is 1. The lowest BCUT2D eigenvalue weighted by molar-refractivity contribution is -0.160. The van der Waals surface area contributed by atoms with Crippen LogP contribution in [0.25, 0.3) is 0 Å². The van der Waals surface area contributed by atoms with Crippen molar-refractivity contribution in [2.45, 2.75) is 63.5 Å². The van der Waals surface area contributed by atoms with Gasteiger partial charge in [-0.1, -0.05) is 49.7 Å². The van der Waals surface area contributed by atoms with Gasteiger partial charge < -0.3 is 20.5 Å². The highest BCUT2D eigenvalue weighted by Crippen LogP contribution is 2.42. The molecular weight excluding hydrogens is 376 g/mol. The second-order valence-corrected chi connectivity index (χ2v) is 8.48. The van der Waals surface area contributed by atoms with Crippen LogP contribution in [-0.2, 0) is 16.0 Å². The molecule has 1 aliphatic carbocycles. The Morgan fingerprint density at radius 2 is 1.90 bits per heavy atom. The second kappa shape index (κ2) is 8.42. The van der Waals surface area contributed by atoms with Crippen molar-refractivity contribution in [2.75, 3.05) is 10.6 Å². The Hall–Kier alpha value is -2.95. The Kier molecular flexibility index (Phi) is 5.71. The van der Waals surface area contributed by atoms with Gasteiger partial charge in [0, 0.05) is 23.8 Å². The molecule has 2 aromatic carbocycles. The number of carbonyl (C=O) groups is 1. The maximum absolute atomic E-state index is 13.2. The average molecular weight is 407 g/mol. The maximum atomic E-state index is 13.2. The molecule has 1 atom stereocenters. The Morgan fingerprint density at radius 3 is 2.53 bits per heavy atom. The van der Waals surface area contributed by atoms with Crippen LogP contribution in [0.1, 0.15) is 51.0 Å². The lowest BCUT2D eigenvalue weighted by Crippen LogP contribution is -2.45. The quantitative estimate of drug-likeness (QED) is 0.470. The Bertz CT molecular complexity index is 936. The third-order valence-electron chi connectivity index (χ3n) is 5.98. The van der Waals surface area contributed by atoms with Crippen LogP contribution in [0.3, 0.4) is 0 Å². The zero-order valence-corrected chi connectivity index (χ0v) is 17.5. The molecule has 1 unspecified atom stereocenters. The molecule has 5 heteroatoms. The molecule has 30 heavy (non-hydrogen) atoms. The van der Waals surface area contributed by atoms with E-state index < -0.39 is 11.6 Å². The summed E-state index contributed by atoms with van der Waals surface area (Å²) in [6.45, 7) is 2.08. The topological polar surface area (TPSA) is 75.8 Å². The van der Waals surface area contributed by atoms with Gasteiger partial charge in [-0.05, 0) is 55.9 Å². The molecule has 1 saturated carbocycles. The van der Waals surface area contributed by atoms with Crippen LogP contribution in [-0.4, -0.2) is 22.7 Å². The summed E-state index contributed by atoms with van der Waals surface area (Å²) in [6, 6.07) is 17.8. The number of rotatable bonds is 8. The number of anilines is 2. The van der Waals surface area contributed by atoms with Crippen LogP contribution in [0.5, 0.6) is 0 Å². The average Bonchev–Trinajstić information content (AvgIpc) is 3.55. The third-order valence-corrected chi connectivity index (χ3v) is 5.98. The molecule has 4 rings (SSSR count). The molecule has 1 heterocycles. The van der Waals surface area contributed by atoms with E-state index >= 15 is 0 Å². The van der Waals surface area contributed by atoms with E-state index in [0.717, 1.165) is 37.8 Å². The summed E-state index contributed by atoms with van der Waals surface area (Å²) >= 11 is 0. The van der Waals surface area contributed by atoms with Gasteiger partial charge in [0.2, 0.25) is 0 Å². The molecule has 0 saturated heterocycles. The van der Waals surface area contributed by atoms with Gasteiger partial charge in [0.05, 0.1) is 0 Å². The van der Waals surface area contributed by atoms with Gasteiger partial charge in [0.25, 0.3) is 0 Å². The molecule has 0 spiro atoms. The molecule has 0 radical (unpaired) electrons. The fourth-order valence-corrected chi connectivity index (χ4v) is 4.43. The standard InChI is InChI=1S/C25H30N2O3/c1-2-14-25(15-13-18-7-4-3-5-8-18)17-22(28)23(24(29)30-25)27(20-11-12-20)21-10-6-9-19(26)16-21/h3-10,16,20,28H,2,11-15,17,26H2,1H3. The minimum absolute atomic E-state index is 0.127. The molecule has 5 nitrogen and oxygen atoms in total. The largest absolute Gasteiger partial charge is 0.510 e. The van der Waals surface area contributed by atoms with Crippen LogP contribution in [0.2, 0.25) is 0 Å². The van der Waals surface area contributed by atoms with Crippen molar-refractivity contribution in [1.82, 2.24) is 0 Å². The molecule has 2 aromatic rings. The van der Waals surface area contributed by atoms with Crippen LogP contribution in [0.15, 0.2) is 66.1 Å². The number of cyclic esters (lactones) is 1. The van der Waals surface area contributed by atoms with Gasteiger partial charge in [-0.15, -0.1) is 0 Å². The molecular formula is C25H30N2O3. The number of aliphatic hydroxyl groups is 1. The molecule has 158 valence electrons. The number of benzene rings is 2. The van der Waals surface area contributed by atoms with Crippen LogP contribution >= 0.6 is 0 Å². The highest BCUT2D eigenvalue weighted by atomic mass is 16.6. The number of ether oxygens (including phenoxy) is 1. The van der Waals surface area contributed by atoms with E-state index in [1.54, 1.807) is 0 Å². The van der Waals surface area contributed by atoms with Gasteiger partial charge in [-0.3, -0.25) is 0 Å². The smallest absolute Gasteiger partial charge is 0.359 e. The zero-order valence-electron chi connectivity index (χ0n) is 17.5. The number of nitrogens with two attached hydrogens (primary N) is 1. The Labute approximate surface area is 178 Å². The van der Waals surface area contributed by atoms with Crippen molar-refractivity contribution in [1.29, 1.82) is 0 Å². The predicted molar refractivity (Wildman–Crippen MR) is 119 cm³/mol. The summed E-state index contributed by atoms with van der Waals surface area (Å²) in [4.78, 5) is 15.1. The predicted octanol–water partition coefficient (Wildman–Crippen LogP) is 5.13. The molecule has 0 bridgehead atoms. The van der Waals surface area contributed by atoms with Crippen molar-refractivity contribution in [3.8, 4) is 0 Å². The SMILES string of the molecule is CCCC1(CCc2ccccc2)CC(O)=C(N(c2cccc(N)c2)C2CC2)C(=O)O1. The van der Waals surface area contributed by atoms with Gasteiger partial charge in [0.1, 0.15) is 11.4 Å². The first-order chi connectivity index (χ1) is 14.5. The van der Waals surface area contributed by atoms with Crippen molar-refractivity contribution in [3.05, 3.63) is 71.6 Å². The van der Waals surface area contributed by atoms with E-state index in [9.17, 15) is 9.90 Å². The van der Waals surface area contributed by atoms with E-state index in [4.69, 9.17) is 10.5 Å².